The number of carbonyl (C=O) groups excluding carboxylic acids is 2. The van der Waals surface area contributed by atoms with E-state index in [0.717, 1.165) is 36.2 Å². The SMILES string of the molecule is C=CCCN(Cc1ccc(C23CC(C2)C3)cc1)C(=O)c1nc(-c2nnc([C@@](CC=C)(OCc3ccccc3)C(F)(F)F)o2)c(NC(=O)OC(C)(C)C)cc1C(F)(F)F. The number of hydrogen-bond acceptors (Lipinski definition) is 8. The first-order chi connectivity index (χ1) is 27.3. The first-order valence-electron chi connectivity index (χ1n) is 18.6. The van der Waals surface area contributed by atoms with Gasteiger partial charge in [0.05, 0.1) is 17.9 Å². The first-order valence-corrected chi connectivity index (χ1v) is 18.6. The van der Waals surface area contributed by atoms with E-state index in [9.17, 15) is 22.8 Å². The number of ether oxygens (including phenoxy) is 2. The average molecular weight is 812 g/mol. The molecule has 0 radical (unpaired) electrons. The molecule has 2 heterocycles. The third-order valence-corrected chi connectivity index (χ3v) is 10.2. The summed E-state index contributed by atoms with van der Waals surface area (Å²) >= 11 is 0. The third-order valence-electron chi connectivity index (χ3n) is 10.2. The summed E-state index contributed by atoms with van der Waals surface area (Å²) in [6.45, 7) is 10.9. The van der Waals surface area contributed by atoms with Crippen LogP contribution in [0.25, 0.3) is 11.6 Å². The van der Waals surface area contributed by atoms with Crippen LogP contribution in [-0.2, 0) is 39.8 Å². The molecule has 3 aliphatic rings. The zero-order valence-corrected chi connectivity index (χ0v) is 32.2. The van der Waals surface area contributed by atoms with Crippen LogP contribution in [0.15, 0.2) is 90.4 Å². The molecular formula is C42H43F6N5O5. The van der Waals surface area contributed by atoms with E-state index in [1.807, 2.05) is 24.3 Å². The Bertz CT molecular complexity index is 2130. The molecule has 58 heavy (non-hydrogen) atoms. The highest BCUT2D eigenvalue weighted by atomic mass is 19.4. The quantitative estimate of drug-likeness (QED) is 0.0931. The Morgan fingerprint density at radius 3 is 2.17 bits per heavy atom. The van der Waals surface area contributed by atoms with E-state index in [1.165, 1.54) is 44.5 Å². The number of carbonyl (C=O) groups is 2. The zero-order chi connectivity index (χ0) is 42.1. The minimum atomic E-state index is -5.21. The summed E-state index contributed by atoms with van der Waals surface area (Å²) < 4.78 is 106. The molecule has 16 heteroatoms. The standard InChI is InChI=1S/C42H43F6N5O5/c1-6-8-19-53(24-26-14-16-29(17-15-26)39-21-28(22-39)23-39)35(54)32-30(41(43,44)45)20-31(49-37(55)58-38(3,4)5)33(50-32)34-51-52-36(57-34)40(18-7-2,42(46,47)48)56-25-27-12-10-9-11-13-27/h6-7,9-17,20,28H,1-2,8,18-19,21-25H2,3-5H3,(H,49,55)/t28?,39?,40-/m1/s1. The maximum Gasteiger partial charge on any atom is 0.426 e. The van der Waals surface area contributed by atoms with Gasteiger partial charge in [-0.05, 0) is 80.5 Å². The molecule has 1 N–H and O–H groups in total. The van der Waals surface area contributed by atoms with Gasteiger partial charge in [-0.25, -0.2) is 9.78 Å². The zero-order valence-electron chi connectivity index (χ0n) is 32.2. The summed E-state index contributed by atoms with van der Waals surface area (Å²) in [5.41, 5.74) is -6.15. The van der Waals surface area contributed by atoms with Crippen LogP contribution < -0.4 is 5.32 Å². The minimum absolute atomic E-state index is 0.0545. The van der Waals surface area contributed by atoms with Crippen molar-refractivity contribution >= 4 is 17.7 Å². The maximum atomic E-state index is 15.0. The van der Waals surface area contributed by atoms with Gasteiger partial charge in [-0.1, -0.05) is 66.7 Å². The number of hydrogen-bond donors (Lipinski definition) is 1. The average Bonchev–Trinajstić information content (AvgIpc) is 3.60. The highest BCUT2D eigenvalue weighted by molar-refractivity contribution is 5.97. The largest absolute Gasteiger partial charge is 0.444 e. The van der Waals surface area contributed by atoms with Crippen LogP contribution in [0.1, 0.15) is 91.5 Å². The summed E-state index contributed by atoms with van der Waals surface area (Å²) in [5, 5.41) is 9.54. The fraction of sp³-hybridized carbons (Fsp3) is 0.405. The number of rotatable bonds is 15. The summed E-state index contributed by atoms with van der Waals surface area (Å²) in [4.78, 5) is 32.5. The number of pyridine rings is 1. The topological polar surface area (TPSA) is 120 Å². The lowest BCUT2D eigenvalue weighted by atomic mass is 9.42. The second kappa shape index (κ2) is 16.0. The van der Waals surface area contributed by atoms with E-state index in [-0.39, 0.29) is 24.9 Å². The molecule has 10 nitrogen and oxygen atoms in total. The number of aromatic nitrogens is 3. The van der Waals surface area contributed by atoms with Crippen molar-refractivity contribution in [3.63, 3.8) is 0 Å². The van der Waals surface area contributed by atoms with E-state index in [4.69, 9.17) is 13.9 Å². The molecule has 3 saturated carbocycles. The highest BCUT2D eigenvalue weighted by Crippen LogP contribution is 2.65. The molecule has 7 rings (SSSR count). The van der Waals surface area contributed by atoms with E-state index in [1.54, 1.807) is 18.2 Å². The molecule has 0 spiro atoms. The van der Waals surface area contributed by atoms with Crippen molar-refractivity contribution in [3.05, 3.63) is 120 Å². The van der Waals surface area contributed by atoms with Crippen LogP contribution in [-0.4, -0.2) is 50.4 Å². The van der Waals surface area contributed by atoms with Crippen LogP contribution >= 0.6 is 0 Å². The number of alkyl halides is 6. The molecule has 2 bridgehead atoms. The molecule has 0 aliphatic heterocycles. The van der Waals surface area contributed by atoms with Crippen molar-refractivity contribution in [2.24, 2.45) is 5.92 Å². The summed E-state index contributed by atoms with van der Waals surface area (Å²) in [6, 6.07) is 16.0. The molecule has 2 aromatic heterocycles. The van der Waals surface area contributed by atoms with Gasteiger partial charge in [-0.3, -0.25) is 10.1 Å². The Morgan fingerprint density at radius 1 is 0.948 bits per heavy atom. The first kappa shape index (κ1) is 42.1. The number of amides is 2. The highest BCUT2D eigenvalue weighted by Gasteiger charge is 2.61. The summed E-state index contributed by atoms with van der Waals surface area (Å²) in [6.07, 6.45) is -6.53. The molecule has 0 saturated heterocycles. The Morgan fingerprint density at radius 2 is 1.62 bits per heavy atom. The molecular weight excluding hydrogens is 768 g/mol. The minimum Gasteiger partial charge on any atom is -0.444 e. The molecule has 308 valence electrons. The second-order valence-corrected chi connectivity index (χ2v) is 15.7. The van der Waals surface area contributed by atoms with Crippen molar-refractivity contribution in [1.29, 1.82) is 0 Å². The molecule has 1 atom stereocenters. The van der Waals surface area contributed by atoms with Crippen molar-refractivity contribution < 1.29 is 49.8 Å². The predicted octanol–water partition coefficient (Wildman–Crippen LogP) is 10.3. The van der Waals surface area contributed by atoms with E-state index in [0.29, 0.717) is 17.2 Å². The molecule has 3 fully saturated rings. The van der Waals surface area contributed by atoms with Crippen LogP contribution in [0.2, 0.25) is 0 Å². The number of halogens is 6. The lowest BCUT2D eigenvalue weighted by molar-refractivity contribution is -0.295. The molecule has 3 aliphatic carbocycles. The molecule has 2 amide bonds. The summed E-state index contributed by atoms with van der Waals surface area (Å²) in [5.74, 6) is -2.39. The van der Waals surface area contributed by atoms with Gasteiger partial charge in [0.25, 0.3) is 17.7 Å². The third kappa shape index (κ3) is 8.81. The number of nitrogens with zero attached hydrogens (tertiary/aromatic N) is 4. The van der Waals surface area contributed by atoms with E-state index < -0.39 is 83.0 Å². The Kier molecular flexibility index (Phi) is 11.6. The van der Waals surface area contributed by atoms with Crippen LogP contribution in [0.3, 0.4) is 0 Å². The van der Waals surface area contributed by atoms with Crippen molar-refractivity contribution in [2.75, 3.05) is 11.9 Å². The van der Waals surface area contributed by atoms with Crippen molar-refractivity contribution in [1.82, 2.24) is 20.1 Å². The smallest absolute Gasteiger partial charge is 0.426 e. The Hall–Kier alpha value is -5.51. The van der Waals surface area contributed by atoms with Gasteiger partial charge in [0, 0.05) is 19.5 Å². The van der Waals surface area contributed by atoms with E-state index in [2.05, 4.69) is 33.7 Å². The molecule has 2 aromatic carbocycles. The van der Waals surface area contributed by atoms with Gasteiger partial charge >= 0.3 is 18.4 Å². The van der Waals surface area contributed by atoms with Crippen LogP contribution in [0, 0.1) is 5.92 Å². The fourth-order valence-corrected chi connectivity index (χ4v) is 7.22. The normalized spacial score (nSPS) is 18.6. The fourth-order valence-electron chi connectivity index (χ4n) is 7.22. The lowest BCUT2D eigenvalue weighted by Gasteiger charge is -2.62. The van der Waals surface area contributed by atoms with Gasteiger partial charge in [0.15, 0.2) is 5.69 Å². The summed E-state index contributed by atoms with van der Waals surface area (Å²) in [7, 11) is 0. The number of benzene rings is 2. The van der Waals surface area contributed by atoms with Crippen molar-refractivity contribution in [2.45, 2.75) is 95.0 Å². The monoisotopic (exact) mass is 811 g/mol. The van der Waals surface area contributed by atoms with E-state index >= 15 is 13.2 Å². The van der Waals surface area contributed by atoms with Crippen molar-refractivity contribution in [3.8, 4) is 11.6 Å². The van der Waals surface area contributed by atoms with Gasteiger partial charge in [0.1, 0.15) is 11.3 Å². The van der Waals surface area contributed by atoms with Crippen LogP contribution in [0.4, 0.5) is 36.8 Å². The maximum absolute atomic E-state index is 15.0. The Labute approximate surface area is 331 Å². The number of nitrogens with one attached hydrogen (secondary N) is 1. The predicted molar refractivity (Wildman–Crippen MR) is 201 cm³/mol. The Balaban J connectivity index is 1.44. The molecule has 4 aromatic rings. The van der Waals surface area contributed by atoms with Gasteiger partial charge < -0.3 is 18.8 Å². The second-order valence-electron chi connectivity index (χ2n) is 15.7. The van der Waals surface area contributed by atoms with Gasteiger partial charge in [-0.2, -0.15) is 26.3 Å². The van der Waals surface area contributed by atoms with Gasteiger partial charge in [-0.15, -0.1) is 23.4 Å². The van der Waals surface area contributed by atoms with Crippen LogP contribution in [0.5, 0.6) is 0 Å². The molecule has 0 unspecified atom stereocenters. The lowest BCUT2D eigenvalue weighted by Crippen LogP contribution is -2.55. The number of anilines is 1. The van der Waals surface area contributed by atoms with Gasteiger partial charge in [0.2, 0.25) is 5.60 Å².